The third kappa shape index (κ3) is 1.76. The number of nitrogens with two attached hydrogens (primary N) is 1. The van der Waals surface area contributed by atoms with Gasteiger partial charge in [-0.25, -0.2) is 0 Å². The van der Waals surface area contributed by atoms with Crippen molar-refractivity contribution in [2.24, 2.45) is 23.0 Å². The van der Waals surface area contributed by atoms with E-state index in [2.05, 4.69) is 49.3 Å². The fourth-order valence-corrected chi connectivity index (χ4v) is 3.55. The molecule has 2 heteroatoms. The van der Waals surface area contributed by atoms with Crippen molar-refractivity contribution in [1.82, 2.24) is 4.98 Å². The number of aromatic nitrogens is 1. The summed E-state index contributed by atoms with van der Waals surface area (Å²) in [6.45, 7) is 5.54. The molecule has 18 heavy (non-hydrogen) atoms. The molecule has 0 spiro atoms. The van der Waals surface area contributed by atoms with Gasteiger partial charge in [0.05, 0.1) is 0 Å². The van der Waals surface area contributed by atoms with Gasteiger partial charge >= 0.3 is 0 Å². The highest BCUT2D eigenvalue weighted by molar-refractivity contribution is 5.82. The number of rotatable bonds is 4. The second-order valence-electron chi connectivity index (χ2n) is 6.17. The molecule has 0 bridgehead atoms. The minimum Gasteiger partial charge on any atom is -0.361 e. The van der Waals surface area contributed by atoms with Gasteiger partial charge in [0, 0.05) is 17.1 Å². The van der Waals surface area contributed by atoms with E-state index in [1.807, 2.05) is 0 Å². The average molecular weight is 242 g/mol. The fraction of sp³-hybridized carbons (Fsp3) is 0.500. The van der Waals surface area contributed by atoms with Crippen LogP contribution in [0.25, 0.3) is 10.9 Å². The highest BCUT2D eigenvalue weighted by atomic mass is 14.7. The summed E-state index contributed by atoms with van der Waals surface area (Å²) in [6.07, 6.45) is 4.59. The van der Waals surface area contributed by atoms with E-state index in [0.29, 0.717) is 5.41 Å². The zero-order valence-electron chi connectivity index (χ0n) is 11.2. The molecule has 96 valence electrons. The smallest absolute Gasteiger partial charge is 0.0456 e. The van der Waals surface area contributed by atoms with Gasteiger partial charge in [0.15, 0.2) is 0 Å². The van der Waals surface area contributed by atoms with Crippen LogP contribution in [0.1, 0.15) is 25.8 Å². The van der Waals surface area contributed by atoms with E-state index in [4.69, 9.17) is 5.73 Å². The largest absolute Gasteiger partial charge is 0.361 e. The molecule has 1 aromatic heterocycles. The van der Waals surface area contributed by atoms with Crippen LogP contribution in [0.5, 0.6) is 0 Å². The summed E-state index contributed by atoms with van der Waals surface area (Å²) in [5.41, 5.74) is 8.99. The summed E-state index contributed by atoms with van der Waals surface area (Å²) < 4.78 is 0. The lowest BCUT2D eigenvalue weighted by molar-refractivity contribution is 0.523. The molecule has 1 aromatic carbocycles. The van der Waals surface area contributed by atoms with E-state index in [-0.39, 0.29) is 0 Å². The van der Waals surface area contributed by atoms with Crippen LogP contribution in [0.15, 0.2) is 30.5 Å². The first-order valence-corrected chi connectivity index (χ1v) is 6.89. The number of hydrogen-bond donors (Lipinski definition) is 2. The van der Waals surface area contributed by atoms with Crippen molar-refractivity contribution in [2.45, 2.75) is 26.7 Å². The first-order chi connectivity index (χ1) is 8.64. The maximum absolute atomic E-state index is 5.83. The number of aryl methyl sites for hydroxylation is 1. The molecule has 1 aliphatic carbocycles. The molecule has 2 aromatic rings. The Balaban J connectivity index is 1.71. The Kier molecular flexibility index (Phi) is 2.70. The minimum absolute atomic E-state index is 0.459. The van der Waals surface area contributed by atoms with E-state index in [0.717, 1.165) is 24.8 Å². The van der Waals surface area contributed by atoms with Gasteiger partial charge in [-0.1, -0.05) is 32.0 Å². The number of nitrogens with one attached hydrogen (secondary N) is 1. The Morgan fingerprint density at radius 3 is 2.72 bits per heavy atom. The average Bonchev–Trinajstić information content (AvgIpc) is 2.72. The highest BCUT2D eigenvalue weighted by Gasteiger charge is 2.55. The van der Waals surface area contributed by atoms with Crippen molar-refractivity contribution in [3.05, 3.63) is 36.0 Å². The molecule has 1 fully saturated rings. The van der Waals surface area contributed by atoms with Crippen LogP contribution in [-0.4, -0.2) is 11.5 Å². The lowest BCUT2D eigenvalue weighted by atomic mass is 10.0. The Morgan fingerprint density at radius 1 is 1.22 bits per heavy atom. The van der Waals surface area contributed by atoms with Gasteiger partial charge in [0.2, 0.25) is 0 Å². The standard InChI is InChI=1S/C16H22N2/c1-16(2)13(14(16)9-17)8-7-11-10-18-15-6-4-3-5-12(11)15/h3-6,10,13-14,18H,7-9,17H2,1-2H3/t13-,14-/m1/s1. The van der Waals surface area contributed by atoms with Gasteiger partial charge in [-0.05, 0) is 48.3 Å². The summed E-state index contributed by atoms with van der Waals surface area (Å²) in [4.78, 5) is 3.35. The second-order valence-corrected chi connectivity index (χ2v) is 6.17. The van der Waals surface area contributed by atoms with E-state index >= 15 is 0 Å². The molecule has 0 amide bonds. The Labute approximate surface area is 109 Å². The predicted octanol–water partition coefficient (Wildman–Crippen LogP) is 3.33. The SMILES string of the molecule is CC1(C)[C@H](CN)[C@H]1CCc1c[nH]c2ccccc12. The third-order valence-electron chi connectivity index (χ3n) is 4.94. The minimum atomic E-state index is 0.459. The molecule has 0 unspecified atom stereocenters. The van der Waals surface area contributed by atoms with E-state index < -0.39 is 0 Å². The van der Waals surface area contributed by atoms with Crippen LogP contribution in [0.4, 0.5) is 0 Å². The Morgan fingerprint density at radius 2 is 2.00 bits per heavy atom. The molecule has 3 rings (SSSR count). The number of H-pyrrole nitrogens is 1. The monoisotopic (exact) mass is 242 g/mol. The van der Waals surface area contributed by atoms with Crippen LogP contribution < -0.4 is 5.73 Å². The first kappa shape index (κ1) is 11.8. The molecule has 2 nitrogen and oxygen atoms in total. The van der Waals surface area contributed by atoms with Gasteiger partial charge < -0.3 is 10.7 Å². The van der Waals surface area contributed by atoms with Crippen LogP contribution >= 0.6 is 0 Å². The van der Waals surface area contributed by atoms with Crippen LogP contribution in [0.3, 0.4) is 0 Å². The maximum atomic E-state index is 5.83. The summed E-state index contributed by atoms with van der Waals surface area (Å²) in [5.74, 6) is 1.53. The molecule has 1 heterocycles. The van der Waals surface area contributed by atoms with Crippen molar-refractivity contribution in [2.75, 3.05) is 6.54 Å². The molecule has 0 aliphatic heterocycles. The fourth-order valence-electron chi connectivity index (χ4n) is 3.55. The lowest BCUT2D eigenvalue weighted by Crippen LogP contribution is -2.05. The van der Waals surface area contributed by atoms with Crippen molar-refractivity contribution < 1.29 is 0 Å². The van der Waals surface area contributed by atoms with E-state index in [1.165, 1.54) is 22.9 Å². The molecular weight excluding hydrogens is 220 g/mol. The molecule has 0 saturated heterocycles. The zero-order valence-corrected chi connectivity index (χ0v) is 11.2. The van der Waals surface area contributed by atoms with Crippen LogP contribution in [0, 0.1) is 17.3 Å². The molecule has 2 atom stereocenters. The number of fused-ring (bicyclic) bond motifs is 1. The van der Waals surface area contributed by atoms with Gasteiger partial charge in [-0.15, -0.1) is 0 Å². The van der Waals surface area contributed by atoms with Crippen LogP contribution in [-0.2, 0) is 6.42 Å². The maximum Gasteiger partial charge on any atom is 0.0456 e. The first-order valence-electron chi connectivity index (χ1n) is 6.89. The van der Waals surface area contributed by atoms with Crippen molar-refractivity contribution in [3.63, 3.8) is 0 Å². The third-order valence-corrected chi connectivity index (χ3v) is 4.94. The van der Waals surface area contributed by atoms with Gasteiger partial charge in [0.25, 0.3) is 0 Å². The molecule has 0 radical (unpaired) electrons. The second kappa shape index (κ2) is 4.13. The van der Waals surface area contributed by atoms with Gasteiger partial charge in [-0.3, -0.25) is 0 Å². The lowest BCUT2D eigenvalue weighted by Gasteiger charge is -2.02. The predicted molar refractivity (Wildman–Crippen MR) is 76.4 cm³/mol. The Bertz CT molecular complexity index is 553. The van der Waals surface area contributed by atoms with Gasteiger partial charge in [0.1, 0.15) is 0 Å². The summed E-state index contributed by atoms with van der Waals surface area (Å²) in [7, 11) is 0. The number of benzene rings is 1. The van der Waals surface area contributed by atoms with E-state index in [9.17, 15) is 0 Å². The molecule has 1 aliphatic rings. The van der Waals surface area contributed by atoms with Crippen molar-refractivity contribution in [1.29, 1.82) is 0 Å². The quantitative estimate of drug-likeness (QED) is 0.848. The van der Waals surface area contributed by atoms with E-state index in [1.54, 1.807) is 0 Å². The normalized spacial score (nSPS) is 25.5. The highest BCUT2D eigenvalue weighted by Crippen LogP contribution is 2.59. The summed E-state index contributed by atoms with van der Waals surface area (Å²) in [6, 6.07) is 8.54. The topological polar surface area (TPSA) is 41.8 Å². The summed E-state index contributed by atoms with van der Waals surface area (Å²) in [5, 5.41) is 1.38. The van der Waals surface area contributed by atoms with Crippen molar-refractivity contribution in [3.8, 4) is 0 Å². The number of hydrogen-bond acceptors (Lipinski definition) is 1. The van der Waals surface area contributed by atoms with Gasteiger partial charge in [-0.2, -0.15) is 0 Å². The molecule has 3 N–H and O–H groups in total. The number of para-hydroxylation sites is 1. The Hall–Kier alpha value is -1.28. The molecular formula is C16H22N2. The summed E-state index contributed by atoms with van der Waals surface area (Å²) >= 11 is 0. The number of aromatic amines is 1. The zero-order chi connectivity index (χ0) is 12.8. The molecule has 1 saturated carbocycles. The van der Waals surface area contributed by atoms with Crippen molar-refractivity contribution >= 4 is 10.9 Å². The van der Waals surface area contributed by atoms with Crippen LogP contribution in [0.2, 0.25) is 0 Å².